The highest BCUT2D eigenvalue weighted by atomic mass is 32.2. The molecule has 1 aliphatic heterocycles. The van der Waals surface area contributed by atoms with Crippen molar-refractivity contribution in [1.82, 2.24) is 4.31 Å². The van der Waals surface area contributed by atoms with E-state index in [9.17, 15) is 18.0 Å². The zero-order chi connectivity index (χ0) is 18.0. The largest absolute Gasteiger partial charge is 0.466 e. The average Bonchev–Trinajstić information content (AvgIpc) is 2.61. The standard InChI is InChI=1S/C17H19NO6S/c1-2-23-17(20)13-4-3-9-18(11-13)25(21,22)14-6-7-15-12(10-14)5-8-16(19)24-15/h5-8,10,13H,2-4,9,11H2,1H3/t13-/m0/s1. The van der Waals surface area contributed by atoms with Crippen LogP contribution in [0.1, 0.15) is 19.8 Å². The van der Waals surface area contributed by atoms with E-state index in [-0.39, 0.29) is 24.0 Å². The minimum absolute atomic E-state index is 0.110. The predicted octanol–water partition coefficient (Wildman–Crippen LogP) is 1.76. The van der Waals surface area contributed by atoms with E-state index < -0.39 is 21.6 Å². The third-order valence-electron chi connectivity index (χ3n) is 4.23. The molecule has 0 bridgehead atoms. The Morgan fingerprint density at radius 1 is 1.32 bits per heavy atom. The van der Waals surface area contributed by atoms with Crippen molar-refractivity contribution in [2.45, 2.75) is 24.7 Å². The molecule has 0 spiro atoms. The van der Waals surface area contributed by atoms with Gasteiger partial charge in [0.05, 0.1) is 17.4 Å². The number of nitrogens with zero attached hydrogens (tertiary/aromatic N) is 1. The summed E-state index contributed by atoms with van der Waals surface area (Å²) in [6.45, 7) is 2.48. The third kappa shape index (κ3) is 3.59. The van der Waals surface area contributed by atoms with Crippen molar-refractivity contribution in [3.8, 4) is 0 Å². The molecule has 1 fully saturated rings. The lowest BCUT2D eigenvalue weighted by atomic mass is 10.0. The first-order valence-electron chi connectivity index (χ1n) is 8.12. The van der Waals surface area contributed by atoms with Crippen LogP contribution in [0.4, 0.5) is 0 Å². The van der Waals surface area contributed by atoms with Crippen LogP contribution >= 0.6 is 0 Å². The van der Waals surface area contributed by atoms with Crippen LogP contribution in [0, 0.1) is 5.92 Å². The zero-order valence-corrected chi connectivity index (χ0v) is 14.6. The van der Waals surface area contributed by atoms with Gasteiger partial charge in [0.2, 0.25) is 10.0 Å². The Labute approximate surface area is 145 Å². The number of carbonyl (C=O) groups is 1. The summed E-state index contributed by atoms with van der Waals surface area (Å²) in [7, 11) is -3.74. The molecule has 3 rings (SSSR count). The fourth-order valence-electron chi connectivity index (χ4n) is 2.97. The Morgan fingerprint density at radius 3 is 2.88 bits per heavy atom. The third-order valence-corrected chi connectivity index (χ3v) is 6.09. The Morgan fingerprint density at radius 2 is 2.12 bits per heavy atom. The van der Waals surface area contributed by atoms with Gasteiger partial charge in [-0.05, 0) is 44.0 Å². The van der Waals surface area contributed by atoms with Gasteiger partial charge >= 0.3 is 11.6 Å². The summed E-state index contributed by atoms with van der Waals surface area (Å²) >= 11 is 0. The van der Waals surface area contributed by atoms with Crippen LogP contribution in [-0.2, 0) is 19.6 Å². The number of benzene rings is 1. The number of hydrogen-bond donors (Lipinski definition) is 0. The molecule has 1 aromatic carbocycles. The van der Waals surface area contributed by atoms with Crippen molar-refractivity contribution in [2.75, 3.05) is 19.7 Å². The summed E-state index contributed by atoms with van der Waals surface area (Å²) in [5.74, 6) is -0.801. The highest BCUT2D eigenvalue weighted by Gasteiger charge is 2.34. The van der Waals surface area contributed by atoms with E-state index in [0.717, 1.165) is 0 Å². The summed E-state index contributed by atoms with van der Waals surface area (Å²) in [5.41, 5.74) is -0.161. The van der Waals surface area contributed by atoms with E-state index >= 15 is 0 Å². The highest BCUT2D eigenvalue weighted by molar-refractivity contribution is 7.89. The molecule has 0 aliphatic carbocycles. The highest BCUT2D eigenvalue weighted by Crippen LogP contribution is 2.26. The number of sulfonamides is 1. The van der Waals surface area contributed by atoms with E-state index in [0.29, 0.717) is 30.4 Å². The summed E-state index contributed by atoms with van der Waals surface area (Å²) < 4.78 is 37.2. The van der Waals surface area contributed by atoms with Crippen LogP contribution in [-0.4, -0.2) is 38.4 Å². The van der Waals surface area contributed by atoms with Crippen molar-refractivity contribution in [1.29, 1.82) is 0 Å². The molecule has 134 valence electrons. The van der Waals surface area contributed by atoms with Crippen LogP contribution in [0.5, 0.6) is 0 Å². The summed E-state index contributed by atoms with van der Waals surface area (Å²) in [5, 5.41) is 0.527. The van der Waals surface area contributed by atoms with Gasteiger partial charge in [-0.1, -0.05) is 0 Å². The minimum Gasteiger partial charge on any atom is -0.466 e. The molecule has 0 radical (unpaired) electrons. The van der Waals surface area contributed by atoms with Crippen LogP contribution in [0.2, 0.25) is 0 Å². The van der Waals surface area contributed by atoms with Gasteiger partial charge in [0.25, 0.3) is 0 Å². The smallest absolute Gasteiger partial charge is 0.336 e. The minimum atomic E-state index is -3.74. The molecule has 1 saturated heterocycles. The van der Waals surface area contributed by atoms with Gasteiger partial charge < -0.3 is 9.15 Å². The normalized spacial score (nSPS) is 19.0. The Hall–Kier alpha value is -2.19. The van der Waals surface area contributed by atoms with Crippen LogP contribution in [0.15, 0.2) is 44.4 Å². The molecule has 8 heteroatoms. The van der Waals surface area contributed by atoms with Gasteiger partial charge in [-0.15, -0.1) is 0 Å². The number of hydrogen-bond acceptors (Lipinski definition) is 6. The SMILES string of the molecule is CCOC(=O)[C@H]1CCCN(S(=O)(=O)c2ccc3oc(=O)ccc3c2)C1. The second-order valence-corrected chi connectivity index (χ2v) is 7.85. The van der Waals surface area contributed by atoms with Gasteiger partial charge in [0.15, 0.2) is 0 Å². The van der Waals surface area contributed by atoms with E-state index in [4.69, 9.17) is 9.15 Å². The lowest BCUT2D eigenvalue weighted by molar-refractivity contribution is -0.149. The van der Waals surface area contributed by atoms with Crippen molar-refractivity contribution in [2.24, 2.45) is 5.92 Å². The number of piperidine rings is 1. The predicted molar refractivity (Wildman–Crippen MR) is 90.6 cm³/mol. The number of rotatable bonds is 4. The van der Waals surface area contributed by atoms with Crippen LogP contribution < -0.4 is 5.63 Å². The molecule has 7 nitrogen and oxygen atoms in total. The number of carbonyl (C=O) groups excluding carboxylic acids is 1. The first-order valence-corrected chi connectivity index (χ1v) is 9.56. The molecule has 0 unspecified atom stereocenters. The zero-order valence-electron chi connectivity index (χ0n) is 13.8. The van der Waals surface area contributed by atoms with Gasteiger partial charge in [-0.3, -0.25) is 4.79 Å². The summed E-state index contributed by atoms with van der Waals surface area (Å²) in [6, 6.07) is 7.13. The lowest BCUT2D eigenvalue weighted by Crippen LogP contribution is -2.42. The van der Waals surface area contributed by atoms with Crippen molar-refractivity contribution < 1.29 is 22.4 Å². The van der Waals surface area contributed by atoms with Crippen LogP contribution in [0.3, 0.4) is 0 Å². The van der Waals surface area contributed by atoms with E-state index in [1.54, 1.807) is 6.92 Å². The fourth-order valence-corrected chi connectivity index (χ4v) is 4.53. The lowest BCUT2D eigenvalue weighted by Gasteiger charge is -2.30. The average molecular weight is 365 g/mol. The van der Waals surface area contributed by atoms with Gasteiger partial charge in [-0.25, -0.2) is 13.2 Å². The molecule has 2 aromatic rings. The maximum absolute atomic E-state index is 12.9. The maximum atomic E-state index is 12.9. The van der Waals surface area contributed by atoms with Gasteiger partial charge in [0.1, 0.15) is 5.58 Å². The molecule has 2 heterocycles. The van der Waals surface area contributed by atoms with Gasteiger partial charge in [0, 0.05) is 24.5 Å². The molecule has 0 amide bonds. The molecule has 1 atom stereocenters. The van der Waals surface area contributed by atoms with E-state index in [2.05, 4.69) is 0 Å². The van der Waals surface area contributed by atoms with Gasteiger partial charge in [-0.2, -0.15) is 4.31 Å². The molecule has 0 N–H and O–H groups in total. The van der Waals surface area contributed by atoms with E-state index in [1.165, 1.54) is 34.6 Å². The monoisotopic (exact) mass is 365 g/mol. The molecular weight excluding hydrogens is 346 g/mol. The number of fused-ring (bicyclic) bond motifs is 1. The van der Waals surface area contributed by atoms with Crippen molar-refractivity contribution in [3.63, 3.8) is 0 Å². The van der Waals surface area contributed by atoms with Crippen LogP contribution in [0.25, 0.3) is 11.0 Å². The Kier molecular flexibility index (Phi) is 4.91. The molecule has 1 aromatic heterocycles. The Balaban J connectivity index is 1.89. The molecule has 0 saturated carbocycles. The quantitative estimate of drug-likeness (QED) is 0.605. The number of esters is 1. The second-order valence-electron chi connectivity index (χ2n) is 5.91. The first kappa shape index (κ1) is 17.6. The molecular formula is C17H19NO6S. The fraction of sp³-hybridized carbons (Fsp3) is 0.412. The summed E-state index contributed by atoms with van der Waals surface area (Å²) in [6.07, 6.45) is 1.22. The second kappa shape index (κ2) is 6.97. The number of ether oxygens (including phenoxy) is 1. The first-order chi connectivity index (χ1) is 11.9. The van der Waals surface area contributed by atoms with Crippen molar-refractivity contribution in [3.05, 3.63) is 40.8 Å². The Bertz CT molecular complexity index is 949. The molecule has 25 heavy (non-hydrogen) atoms. The van der Waals surface area contributed by atoms with E-state index in [1.807, 2.05) is 0 Å². The van der Waals surface area contributed by atoms with Crippen molar-refractivity contribution >= 4 is 27.0 Å². The molecule has 1 aliphatic rings. The topological polar surface area (TPSA) is 93.9 Å². The maximum Gasteiger partial charge on any atom is 0.336 e. The summed E-state index contributed by atoms with van der Waals surface area (Å²) in [4.78, 5) is 23.3.